The van der Waals surface area contributed by atoms with Gasteiger partial charge in [-0.3, -0.25) is 9.89 Å². The van der Waals surface area contributed by atoms with E-state index in [0.717, 1.165) is 29.8 Å². The van der Waals surface area contributed by atoms with Crippen molar-refractivity contribution in [2.24, 2.45) is 5.73 Å². The highest BCUT2D eigenvalue weighted by Crippen LogP contribution is 2.22. The number of aromatic nitrogens is 2. The third kappa shape index (κ3) is 4.84. The van der Waals surface area contributed by atoms with Crippen molar-refractivity contribution in [1.29, 1.82) is 0 Å². The van der Waals surface area contributed by atoms with Crippen LogP contribution in [0.15, 0.2) is 23.6 Å². The molecule has 0 aliphatic carbocycles. The summed E-state index contributed by atoms with van der Waals surface area (Å²) in [4.78, 5) is 13.2. The predicted octanol–water partition coefficient (Wildman–Crippen LogP) is 2.81. The van der Waals surface area contributed by atoms with Crippen molar-refractivity contribution >= 4 is 29.7 Å². The lowest BCUT2D eigenvalue weighted by Crippen LogP contribution is -2.40. The van der Waals surface area contributed by atoms with Crippen LogP contribution in [-0.2, 0) is 0 Å². The summed E-state index contributed by atoms with van der Waals surface area (Å²) >= 11 is 1.61. The van der Waals surface area contributed by atoms with E-state index in [-0.39, 0.29) is 24.4 Å². The Labute approximate surface area is 134 Å². The lowest BCUT2D eigenvalue weighted by atomic mass is 10.1. The Morgan fingerprint density at radius 1 is 1.57 bits per heavy atom. The van der Waals surface area contributed by atoms with Crippen LogP contribution in [0.5, 0.6) is 0 Å². The number of halogens is 1. The van der Waals surface area contributed by atoms with Gasteiger partial charge in [-0.15, -0.1) is 23.7 Å². The first kappa shape index (κ1) is 17.7. The van der Waals surface area contributed by atoms with Crippen molar-refractivity contribution in [3.63, 3.8) is 0 Å². The molecule has 0 saturated heterocycles. The van der Waals surface area contributed by atoms with Gasteiger partial charge in [0, 0.05) is 12.6 Å². The average molecular weight is 329 g/mol. The molecule has 0 spiro atoms. The Morgan fingerprint density at radius 3 is 3.00 bits per heavy atom. The van der Waals surface area contributed by atoms with Gasteiger partial charge in [-0.05, 0) is 23.9 Å². The van der Waals surface area contributed by atoms with E-state index in [1.165, 1.54) is 0 Å². The number of H-pyrrole nitrogens is 1. The molecule has 0 radical (unpaired) electrons. The molecule has 4 N–H and O–H groups in total. The van der Waals surface area contributed by atoms with Gasteiger partial charge in [0.25, 0.3) is 5.91 Å². The smallest absolute Gasteiger partial charge is 0.272 e. The molecule has 0 aliphatic rings. The number of aromatic amines is 1. The molecule has 21 heavy (non-hydrogen) atoms. The highest BCUT2D eigenvalue weighted by atomic mass is 35.5. The molecule has 1 amide bonds. The maximum absolute atomic E-state index is 12.1. The first-order chi connectivity index (χ1) is 9.74. The van der Waals surface area contributed by atoms with Crippen LogP contribution in [0.2, 0.25) is 0 Å². The van der Waals surface area contributed by atoms with Crippen LogP contribution >= 0.6 is 23.7 Å². The Balaban J connectivity index is 0.00000220. The van der Waals surface area contributed by atoms with Gasteiger partial charge in [0.15, 0.2) is 5.69 Å². The number of hydrogen-bond donors (Lipinski definition) is 3. The van der Waals surface area contributed by atoms with Crippen LogP contribution < -0.4 is 11.1 Å². The number of carbonyl (C=O) groups excluding carboxylic acids is 1. The molecule has 0 aromatic carbocycles. The van der Waals surface area contributed by atoms with Gasteiger partial charge in [0.2, 0.25) is 0 Å². The Morgan fingerprint density at radius 2 is 2.38 bits per heavy atom. The minimum absolute atomic E-state index is 0. The molecule has 1 atom stereocenters. The normalized spacial score (nSPS) is 11.7. The van der Waals surface area contributed by atoms with E-state index in [0.29, 0.717) is 12.2 Å². The maximum Gasteiger partial charge on any atom is 0.272 e. The molecule has 0 aliphatic heterocycles. The standard InChI is InChI=1S/C14H20N4OS.ClH/c1-2-3-5-10(9-15)16-14(19)12-8-11(17-18-12)13-6-4-7-20-13;/h4,6-8,10H,2-3,5,9,15H2,1H3,(H,16,19)(H,17,18);1H. The predicted molar refractivity (Wildman–Crippen MR) is 89.0 cm³/mol. The van der Waals surface area contributed by atoms with Gasteiger partial charge in [-0.1, -0.05) is 25.8 Å². The number of rotatable bonds is 7. The molecule has 0 bridgehead atoms. The van der Waals surface area contributed by atoms with Crippen molar-refractivity contribution in [2.75, 3.05) is 6.54 Å². The number of thiophene rings is 1. The minimum Gasteiger partial charge on any atom is -0.347 e. The van der Waals surface area contributed by atoms with Crippen LogP contribution in [0, 0.1) is 0 Å². The average Bonchev–Trinajstić information content (AvgIpc) is 3.12. The van der Waals surface area contributed by atoms with E-state index in [2.05, 4.69) is 22.4 Å². The van der Waals surface area contributed by atoms with Crippen LogP contribution in [0.3, 0.4) is 0 Å². The second kappa shape index (κ2) is 8.81. The van der Waals surface area contributed by atoms with Crippen molar-refractivity contribution in [3.8, 4) is 10.6 Å². The van der Waals surface area contributed by atoms with Gasteiger partial charge in [0.1, 0.15) is 0 Å². The highest BCUT2D eigenvalue weighted by Gasteiger charge is 2.15. The summed E-state index contributed by atoms with van der Waals surface area (Å²) in [5.41, 5.74) is 6.95. The number of hydrogen-bond acceptors (Lipinski definition) is 4. The monoisotopic (exact) mass is 328 g/mol. The van der Waals surface area contributed by atoms with Crippen molar-refractivity contribution < 1.29 is 4.79 Å². The lowest BCUT2D eigenvalue weighted by Gasteiger charge is -2.15. The van der Waals surface area contributed by atoms with Crippen molar-refractivity contribution in [3.05, 3.63) is 29.3 Å². The molecule has 7 heteroatoms. The second-order valence-electron chi connectivity index (χ2n) is 4.69. The zero-order valence-electron chi connectivity index (χ0n) is 12.0. The summed E-state index contributed by atoms with van der Waals surface area (Å²) in [7, 11) is 0. The zero-order valence-corrected chi connectivity index (χ0v) is 13.6. The van der Waals surface area contributed by atoms with Crippen LogP contribution in [0.1, 0.15) is 36.7 Å². The summed E-state index contributed by atoms with van der Waals surface area (Å²) in [5, 5.41) is 11.9. The number of amides is 1. The van der Waals surface area contributed by atoms with Gasteiger partial charge in [0.05, 0.1) is 10.6 Å². The molecule has 0 saturated carbocycles. The summed E-state index contributed by atoms with van der Waals surface area (Å²) in [6, 6.07) is 5.75. The fraction of sp³-hybridized carbons (Fsp3) is 0.429. The van der Waals surface area contributed by atoms with E-state index in [4.69, 9.17) is 5.73 Å². The fourth-order valence-corrected chi connectivity index (χ4v) is 2.65. The Hall–Kier alpha value is -1.37. The third-order valence-electron chi connectivity index (χ3n) is 3.12. The third-order valence-corrected chi connectivity index (χ3v) is 4.03. The molecule has 2 aromatic rings. The molecule has 2 aromatic heterocycles. The van der Waals surface area contributed by atoms with Crippen molar-refractivity contribution in [2.45, 2.75) is 32.2 Å². The van der Waals surface area contributed by atoms with Crippen molar-refractivity contribution in [1.82, 2.24) is 15.5 Å². The molecule has 1 unspecified atom stereocenters. The van der Waals surface area contributed by atoms with Gasteiger partial charge in [-0.25, -0.2) is 0 Å². The number of nitrogens with one attached hydrogen (secondary N) is 2. The zero-order chi connectivity index (χ0) is 14.4. The lowest BCUT2D eigenvalue weighted by molar-refractivity contribution is 0.0930. The first-order valence-electron chi connectivity index (χ1n) is 6.84. The highest BCUT2D eigenvalue weighted by molar-refractivity contribution is 7.13. The molecule has 0 fully saturated rings. The molecular formula is C14H21ClN4OS. The van der Waals surface area contributed by atoms with Gasteiger partial charge < -0.3 is 11.1 Å². The fourth-order valence-electron chi connectivity index (χ4n) is 1.95. The maximum atomic E-state index is 12.1. The summed E-state index contributed by atoms with van der Waals surface area (Å²) in [5.74, 6) is -0.171. The Bertz CT molecular complexity index is 541. The number of nitrogens with two attached hydrogens (primary N) is 1. The van der Waals surface area contributed by atoms with E-state index in [1.807, 2.05) is 17.5 Å². The number of carbonyl (C=O) groups is 1. The van der Waals surface area contributed by atoms with E-state index < -0.39 is 0 Å². The van der Waals surface area contributed by atoms with E-state index in [9.17, 15) is 4.79 Å². The summed E-state index contributed by atoms with van der Waals surface area (Å²) < 4.78 is 0. The number of nitrogens with zero attached hydrogens (tertiary/aromatic N) is 1. The molecule has 2 rings (SSSR count). The molecule has 116 valence electrons. The van der Waals surface area contributed by atoms with Crippen LogP contribution in [0.25, 0.3) is 10.6 Å². The SMILES string of the molecule is CCCCC(CN)NC(=O)c1cc(-c2cccs2)[nH]n1.Cl. The quantitative estimate of drug-likeness (QED) is 0.730. The number of unbranched alkanes of at least 4 members (excludes halogenated alkanes) is 1. The first-order valence-corrected chi connectivity index (χ1v) is 7.72. The van der Waals surface area contributed by atoms with Crippen LogP contribution in [0.4, 0.5) is 0 Å². The molecular weight excluding hydrogens is 308 g/mol. The largest absolute Gasteiger partial charge is 0.347 e. The summed E-state index contributed by atoms with van der Waals surface area (Å²) in [6.45, 7) is 2.57. The van der Waals surface area contributed by atoms with Crippen LogP contribution in [-0.4, -0.2) is 28.7 Å². The Kier molecular flexibility index (Phi) is 7.42. The molecule has 5 nitrogen and oxygen atoms in total. The topological polar surface area (TPSA) is 83.8 Å². The minimum atomic E-state index is -0.171. The summed E-state index contributed by atoms with van der Waals surface area (Å²) in [6.07, 6.45) is 3.06. The second-order valence-corrected chi connectivity index (χ2v) is 5.64. The van der Waals surface area contributed by atoms with E-state index in [1.54, 1.807) is 17.4 Å². The van der Waals surface area contributed by atoms with Gasteiger partial charge in [-0.2, -0.15) is 5.10 Å². The van der Waals surface area contributed by atoms with E-state index >= 15 is 0 Å². The van der Waals surface area contributed by atoms with Gasteiger partial charge >= 0.3 is 0 Å². The molecule has 2 heterocycles.